The van der Waals surface area contributed by atoms with Gasteiger partial charge >= 0.3 is 0 Å². The smallest absolute Gasteiger partial charge is 0.157 e. The van der Waals surface area contributed by atoms with E-state index in [-0.39, 0.29) is 0 Å². The van der Waals surface area contributed by atoms with Gasteiger partial charge in [0.05, 0.1) is 19.0 Å². The van der Waals surface area contributed by atoms with Gasteiger partial charge in [-0.05, 0) is 35.9 Å². The number of benzene rings is 2. The van der Waals surface area contributed by atoms with E-state index in [0.717, 1.165) is 65.9 Å². The van der Waals surface area contributed by atoms with Gasteiger partial charge in [-0.3, -0.25) is 0 Å². The Morgan fingerprint density at radius 1 is 1.06 bits per heavy atom. The van der Waals surface area contributed by atoms with Crippen LogP contribution >= 0.6 is 11.6 Å². The molecule has 0 radical (unpaired) electrons. The Kier molecular flexibility index (Phi) is 5.59. The van der Waals surface area contributed by atoms with Crippen molar-refractivity contribution in [2.75, 3.05) is 50.1 Å². The van der Waals surface area contributed by atoms with Gasteiger partial charge in [-0.25, -0.2) is 4.98 Å². The number of nitrogens with one attached hydrogen (secondary N) is 1. The zero-order valence-electron chi connectivity index (χ0n) is 18.1. The molecule has 32 heavy (non-hydrogen) atoms. The highest BCUT2D eigenvalue weighted by atomic mass is 35.5. The first-order valence-corrected chi connectivity index (χ1v) is 11.0. The maximum Gasteiger partial charge on any atom is 0.157 e. The highest BCUT2D eigenvalue weighted by molar-refractivity contribution is 6.30. The minimum Gasteiger partial charge on any atom is -0.495 e. The summed E-state index contributed by atoms with van der Waals surface area (Å²) in [6.45, 7) is 3.76. The predicted molar refractivity (Wildman–Crippen MR) is 130 cm³/mol. The molecule has 1 aliphatic rings. The highest BCUT2D eigenvalue weighted by Crippen LogP contribution is 2.43. The van der Waals surface area contributed by atoms with E-state index >= 15 is 0 Å². The number of aromatic nitrogens is 3. The molecule has 0 saturated carbocycles. The third kappa shape index (κ3) is 3.74. The van der Waals surface area contributed by atoms with E-state index in [1.165, 1.54) is 0 Å². The average molecular weight is 449 g/mol. The van der Waals surface area contributed by atoms with Gasteiger partial charge in [-0.2, -0.15) is 9.61 Å². The van der Waals surface area contributed by atoms with E-state index in [1.54, 1.807) is 19.5 Å². The van der Waals surface area contributed by atoms with Gasteiger partial charge in [0.1, 0.15) is 11.6 Å². The van der Waals surface area contributed by atoms with Crippen molar-refractivity contribution in [3.63, 3.8) is 0 Å². The molecule has 1 saturated heterocycles. The molecule has 5 rings (SSSR count). The molecular weight excluding hydrogens is 424 g/mol. The first kappa shape index (κ1) is 20.6. The van der Waals surface area contributed by atoms with E-state index in [9.17, 15) is 0 Å². The second kappa shape index (κ2) is 8.68. The molecule has 3 heterocycles. The maximum atomic E-state index is 6.33. The number of anilines is 3. The average Bonchev–Trinajstić information content (AvgIpc) is 3.32. The van der Waals surface area contributed by atoms with Crippen LogP contribution in [0.25, 0.3) is 16.8 Å². The van der Waals surface area contributed by atoms with Gasteiger partial charge in [0, 0.05) is 61.8 Å². The summed E-state index contributed by atoms with van der Waals surface area (Å²) >= 11 is 6.33. The highest BCUT2D eigenvalue weighted by Gasteiger charge is 2.22. The lowest BCUT2D eigenvalue weighted by molar-refractivity contribution is 0.415. The van der Waals surface area contributed by atoms with Crippen molar-refractivity contribution in [1.82, 2.24) is 19.9 Å². The predicted octanol–water partition coefficient (Wildman–Crippen LogP) is 4.24. The van der Waals surface area contributed by atoms with Crippen molar-refractivity contribution in [2.24, 2.45) is 0 Å². The lowest BCUT2D eigenvalue weighted by Crippen LogP contribution is -2.43. The Labute approximate surface area is 192 Å². The summed E-state index contributed by atoms with van der Waals surface area (Å²) in [5, 5.41) is 8.60. The van der Waals surface area contributed by atoms with Crippen molar-refractivity contribution < 1.29 is 4.74 Å². The van der Waals surface area contributed by atoms with Crippen LogP contribution in [-0.4, -0.2) is 54.9 Å². The Balaban J connectivity index is 1.68. The SMILES string of the molecule is COc1cc(-c2cccc(Cl)c2)c(N2CCNCC2)cc1N(C)c1ccnc2ccnn12. The van der Waals surface area contributed by atoms with Crippen LogP contribution < -0.4 is 19.9 Å². The molecule has 1 N–H and O–H groups in total. The Hall–Kier alpha value is -3.29. The summed E-state index contributed by atoms with van der Waals surface area (Å²) in [6.07, 6.45) is 3.55. The summed E-state index contributed by atoms with van der Waals surface area (Å²) < 4.78 is 7.69. The van der Waals surface area contributed by atoms with Crippen LogP contribution in [0.5, 0.6) is 5.75 Å². The number of piperazine rings is 1. The van der Waals surface area contributed by atoms with Crippen LogP contribution in [0, 0.1) is 0 Å². The lowest BCUT2D eigenvalue weighted by atomic mass is 10.0. The van der Waals surface area contributed by atoms with Crippen LogP contribution in [0.2, 0.25) is 5.02 Å². The number of methoxy groups -OCH3 is 1. The fourth-order valence-electron chi connectivity index (χ4n) is 4.24. The fraction of sp³-hybridized carbons (Fsp3) is 0.250. The molecule has 7 nitrogen and oxygen atoms in total. The van der Waals surface area contributed by atoms with Gasteiger partial charge in [0.15, 0.2) is 5.65 Å². The Morgan fingerprint density at radius 3 is 2.69 bits per heavy atom. The van der Waals surface area contributed by atoms with E-state index < -0.39 is 0 Å². The molecule has 2 aromatic heterocycles. The Morgan fingerprint density at radius 2 is 1.91 bits per heavy atom. The van der Waals surface area contributed by atoms with Gasteiger partial charge in [-0.1, -0.05) is 23.7 Å². The van der Waals surface area contributed by atoms with Gasteiger partial charge in [0.2, 0.25) is 0 Å². The van der Waals surface area contributed by atoms with Gasteiger partial charge in [0.25, 0.3) is 0 Å². The van der Waals surface area contributed by atoms with Crippen molar-refractivity contribution in [3.8, 4) is 16.9 Å². The molecule has 0 spiro atoms. The molecule has 0 atom stereocenters. The molecule has 4 aromatic rings. The fourth-order valence-corrected chi connectivity index (χ4v) is 4.43. The third-order valence-electron chi connectivity index (χ3n) is 5.87. The van der Waals surface area contributed by atoms with E-state index in [1.807, 2.05) is 41.9 Å². The molecule has 8 heteroatoms. The van der Waals surface area contributed by atoms with Gasteiger partial charge < -0.3 is 19.9 Å². The molecule has 0 bridgehead atoms. The molecule has 0 aliphatic carbocycles. The van der Waals surface area contributed by atoms with Crippen molar-refractivity contribution in [1.29, 1.82) is 0 Å². The van der Waals surface area contributed by atoms with E-state index in [4.69, 9.17) is 16.3 Å². The summed E-state index contributed by atoms with van der Waals surface area (Å²) in [4.78, 5) is 8.90. The van der Waals surface area contributed by atoms with Crippen molar-refractivity contribution in [2.45, 2.75) is 0 Å². The molecule has 1 fully saturated rings. The molecule has 0 amide bonds. The van der Waals surface area contributed by atoms with Crippen LogP contribution in [0.3, 0.4) is 0 Å². The number of halogens is 1. The lowest BCUT2D eigenvalue weighted by Gasteiger charge is -2.33. The zero-order valence-corrected chi connectivity index (χ0v) is 18.9. The first-order valence-electron chi connectivity index (χ1n) is 10.6. The van der Waals surface area contributed by atoms with Crippen molar-refractivity contribution in [3.05, 3.63) is 65.9 Å². The second-order valence-electron chi connectivity index (χ2n) is 7.75. The molecule has 2 aromatic carbocycles. The first-order chi connectivity index (χ1) is 15.7. The summed E-state index contributed by atoms with van der Waals surface area (Å²) in [5.74, 6) is 1.68. The van der Waals surface area contributed by atoms with E-state index in [0.29, 0.717) is 5.02 Å². The summed E-state index contributed by atoms with van der Waals surface area (Å²) in [7, 11) is 3.73. The number of nitrogens with zero attached hydrogens (tertiary/aromatic N) is 5. The standard InChI is InChI=1S/C24H25ClN6O/c1-29(24-7-8-27-23-6-9-28-31(23)24)21-16-20(30-12-10-26-11-13-30)19(15-22(21)32-2)17-4-3-5-18(25)14-17/h3-9,14-16,26H,10-13H2,1-2H3. The largest absolute Gasteiger partial charge is 0.495 e. The molecular formula is C24H25ClN6O. The molecule has 0 unspecified atom stereocenters. The van der Waals surface area contributed by atoms with Crippen LogP contribution in [0.1, 0.15) is 0 Å². The van der Waals surface area contributed by atoms with E-state index in [2.05, 4.69) is 43.4 Å². The topological polar surface area (TPSA) is 57.9 Å². The number of hydrogen-bond acceptors (Lipinski definition) is 6. The second-order valence-corrected chi connectivity index (χ2v) is 8.19. The zero-order chi connectivity index (χ0) is 22.1. The number of fused-ring (bicyclic) bond motifs is 1. The number of ether oxygens (including phenoxy) is 1. The van der Waals surface area contributed by atoms with Crippen LogP contribution in [0.15, 0.2) is 60.9 Å². The number of rotatable bonds is 5. The molecule has 164 valence electrons. The Bertz CT molecular complexity index is 1250. The molecule has 1 aliphatic heterocycles. The normalized spacial score (nSPS) is 14.0. The minimum absolute atomic E-state index is 0.715. The van der Waals surface area contributed by atoms with Gasteiger partial charge in [-0.15, -0.1) is 0 Å². The van der Waals surface area contributed by atoms with Crippen LogP contribution in [-0.2, 0) is 0 Å². The maximum absolute atomic E-state index is 6.33. The third-order valence-corrected chi connectivity index (χ3v) is 6.10. The summed E-state index contributed by atoms with van der Waals surface area (Å²) in [5.41, 5.74) is 5.07. The van der Waals surface area contributed by atoms with Crippen molar-refractivity contribution >= 4 is 34.4 Å². The number of hydrogen-bond donors (Lipinski definition) is 1. The van der Waals surface area contributed by atoms with Crippen LogP contribution in [0.4, 0.5) is 17.2 Å². The summed E-state index contributed by atoms with van der Waals surface area (Å²) in [6, 6.07) is 16.1. The monoisotopic (exact) mass is 448 g/mol. The quantitative estimate of drug-likeness (QED) is 0.493. The minimum atomic E-state index is 0.715.